The molecule has 2 N–H and O–H groups in total. The summed E-state index contributed by atoms with van der Waals surface area (Å²) in [6.45, 7) is 22.4. The van der Waals surface area contributed by atoms with Gasteiger partial charge in [-0.05, 0) is 149 Å². The number of aliphatic carboxylic acids is 1. The highest BCUT2D eigenvalue weighted by Crippen LogP contribution is 2.77. The Morgan fingerprint density at radius 1 is 0.943 bits per heavy atom. The SMILES string of the molecule is CC(C)C1=C2[C@H]3CC[C@@H]4[C@@]5(C)CC[C@H](OC(=O)CC(C)(C)C(=O)O)C(C)(C)[C@@H]5CC[C@@]4(C)[C@]3(C)CC[C@@]2(/C=C/C(=O)N[C@@H](C)c2cccc(Cl)c2)CC1. The molecule has 0 heterocycles. The fourth-order valence-electron chi connectivity index (χ4n) is 13.2. The molecule has 5 aliphatic carbocycles. The molecule has 1 aromatic rings. The molecule has 0 saturated heterocycles. The third kappa shape index (κ3) is 6.63. The third-order valence-corrected chi connectivity index (χ3v) is 16.6. The van der Waals surface area contributed by atoms with Crippen molar-refractivity contribution in [2.24, 2.45) is 56.2 Å². The Balaban J connectivity index is 1.24. The molecule has 292 valence electrons. The topological polar surface area (TPSA) is 92.7 Å². The summed E-state index contributed by atoms with van der Waals surface area (Å²) in [5.74, 6) is 0.554. The summed E-state index contributed by atoms with van der Waals surface area (Å²) in [6.07, 6.45) is 14.8. The van der Waals surface area contributed by atoms with Crippen LogP contribution >= 0.6 is 11.6 Å². The van der Waals surface area contributed by atoms with Crippen LogP contribution in [0.2, 0.25) is 5.02 Å². The van der Waals surface area contributed by atoms with E-state index < -0.39 is 17.4 Å². The van der Waals surface area contributed by atoms with E-state index in [9.17, 15) is 19.5 Å². The fourth-order valence-corrected chi connectivity index (χ4v) is 13.4. The van der Waals surface area contributed by atoms with E-state index in [0.29, 0.717) is 28.7 Å². The van der Waals surface area contributed by atoms with Gasteiger partial charge in [0.25, 0.3) is 0 Å². The number of rotatable bonds is 9. The summed E-state index contributed by atoms with van der Waals surface area (Å²) < 4.78 is 6.19. The summed E-state index contributed by atoms with van der Waals surface area (Å²) in [4.78, 5) is 38.3. The molecule has 1 aromatic carbocycles. The smallest absolute Gasteiger partial charge is 0.309 e. The maximum Gasteiger partial charge on any atom is 0.309 e. The lowest BCUT2D eigenvalue weighted by molar-refractivity contribution is -0.232. The van der Waals surface area contributed by atoms with Gasteiger partial charge in [-0.15, -0.1) is 0 Å². The minimum absolute atomic E-state index is 0.0473. The van der Waals surface area contributed by atoms with Crippen LogP contribution in [0.5, 0.6) is 0 Å². The zero-order valence-corrected chi connectivity index (χ0v) is 34.9. The number of halogens is 1. The summed E-state index contributed by atoms with van der Waals surface area (Å²) in [7, 11) is 0. The second-order valence-corrected chi connectivity index (χ2v) is 20.6. The van der Waals surface area contributed by atoms with E-state index in [1.807, 2.05) is 37.3 Å². The second kappa shape index (κ2) is 13.9. The number of hydrogen-bond donors (Lipinski definition) is 2. The predicted octanol–water partition coefficient (Wildman–Crippen LogP) is 11.3. The number of hydrogen-bond acceptors (Lipinski definition) is 4. The molecule has 7 heteroatoms. The summed E-state index contributed by atoms with van der Waals surface area (Å²) in [6, 6.07) is 7.57. The Kier molecular flexibility index (Phi) is 10.5. The second-order valence-electron chi connectivity index (χ2n) is 20.2. The fraction of sp³-hybridized carbons (Fsp3) is 0.717. The van der Waals surface area contributed by atoms with Gasteiger partial charge in [0.1, 0.15) is 6.10 Å². The Morgan fingerprint density at radius 2 is 1.66 bits per heavy atom. The standard InChI is InChI=1S/C46H66ClNO5/c1-28(2)32-16-22-46(23-19-37(49)48-29(3)30-12-11-13-31(47)26-30)25-24-44(9)33(39(32)46)14-15-35-43(8)20-18-36(53-38(50)27-41(4,5)40(51)52)42(6,7)34(43)17-21-45(35,44)10/h11-13,19,23,26,28-29,33-36H,14-18,20-22,24-25,27H2,1-10H3,(H,48,49)(H,51,52)/b23-19+/t29-,33+,34-,35+,36-,43-,44+,45+,46-/m0/s1. The number of esters is 1. The van der Waals surface area contributed by atoms with Crippen LogP contribution in [0, 0.1) is 56.2 Å². The molecule has 9 atom stereocenters. The first-order valence-corrected chi connectivity index (χ1v) is 20.9. The maximum atomic E-state index is 13.4. The van der Waals surface area contributed by atoms with E-state index in [1.54, 1.807) is 25.0 Å². The van der Waals surface area contributed by atoms with E-state index in [2.05, 4.69) is 59.9 Å². The lowest BCUT2D eigenvalue weighted by atomic mass is 9.33. The molecule has 4 fully saturated rings. The Hall–Kier alpha value is -2.60. The maximum absolute atomic E-state index is 13.4. The van der Waals surface area contributed by atoms with Gasteiger partial charge >= 0.3 is 11.9 Å². The highest BCUT2D eigenvalue weighted by Gasteiger charge is 2.69. The first-order valence-electron chi connectivity index (χ1n) is 20.5. The lowest BCUT2D eigenvalue weighted by Gasteiger charge is -2.72. The zero-order valence-electron chi connectivity index (χ0n) is 34.2. The summed E-state index contributed by atoms with van der Waals surface area (Å²) in [5.41, 5.74) is 3.34. The van der Waals surface area contributed by atoms with Crippen LogP contribution in [0.3, 0.4) is 0 Å². The van der Waals surface area contributed by atoms with Gasteiger partial charge in [0.05, 0.1) is 17.9 Å². The van der Waals surface area contributed by atoms with Crippen molar-refractivity contribution in [2.75, 3.05) is 0 Å². The molecular weight excluding hydrogens is 682 g/mol. The quantitative estimate of drug-likeness (QED) is 0.149. The zero-order chi connectivity index (χ0) is 38.9. The van der Waals surface area contributed by atoms with Gasteiger partial charge < -0.3 is 15.2 Å². The average molecular weight is 748 g/mol. The number of nitrogens with one attached hydrogen (secondary N) is 1. The highest BCUT2D eigenvalue weighted by molar-refractivity contribution is 6.30. The van der Waals surface area contributed by atoms with E-state index in [1.165, 1.54) is 12.8 Å². The summed E-state index contributed by atoms with van der Waals surface area (Å²) >= 11 is 6.25. The van der Waals surface area contributed by atoms with Gasteiger partial charge in [-0.2, -0.15) is 0 Å². The number of amides is 1. The molecule has 1 amide bonds. The predicted molar refractivity (Wildman–Crippen MR) is 212 cm³/mol. The highest BCUT2D eigenvalue weighted by atomic mass is 35.5. The van der Waals surface area contributed by atoms with Crippen LogP contribution in [-0.2, 0) is 19.1 Å². The Bertz CT molecular complexity index is 1690. The minimum Gasteiger partial charge on any atom is -0.481 e. The molecule has 0 radical (unpaired) electrons. The number of fused-ring (bicyclic) bond motifs is 7. The van der Waals surface area contributed by atoms with Gasteiger partial charge in [-0.1, -0.05) is 89.4 Å². The number of carboxylic acids is 1. The van der Waals surface area contributed by atoms with E-state index in [0.717, 1.165) is 56.9 Å². The molecule has 5 aliphatic rings. The van der Waals surface area contributed by atoms with Crippen LogP contribution in [0.15, 0.2) is 47.6 Å². The van der Waals surface area contributed by atoms with Crippen LogP contribution in [0.25, 0.3) is 0 Å². The number of benzene rings is 1. The van der Waals surface area contributed by atoms with Crippen molar-refractivity contribution in [1.82, 2.24) is 5.32 Å². The van der Waals surface area contributed by atoms with Crippen molar-refractivity contribution in [2.45, 2.75) is 152 Å². The third-order valence-electron chi connectivity index (χ3n) is 16.4. The number of allylic oxidation sites excluding steroid dienone is 3. The molecule has 0 unspecified atom stereocenters. The van der Waals surface area contributed by atoms with Crippen molar-refractivity contribution in [3.8, 4) is 0 Å². The normalized spacial score (nSPS) is 37.0. The van der Waals surface area contributed by atoms with Crippen molar-refractivity contribution in [3.63, 3.8) is 0 Å². The van der Waals surface area contributed by atoms with Gasteiger partial charge in [0.15, 0.2) is 0 Å². The lowest BCUT2D eigenvalue weighted by Crippen LogP contribution is -2.65. The first-order chi connectivity index (χ1) is 24.6. The monoisotopic (exact) mass is 747 g/mol. The molecule has 0 aromatic heterocycles. The molecule has 4 saturated carbocycles. The van der Waals surface area contributed by atoms with Crippen LogP contribution < -0.4 is 5.32 Å². The van der Waals surface area contributed by atoms with E-state index >= 15 is 0 Å². The van der Waals surface area contributed by atoms with Crippen LogP contribution in [0.1, 0.15) is 151 Å². The number of ether oxygens (including phenoxy) is 1. The van der Waals surface area contributed by atoms with E-state index in [-0.39, 0.29) is 51.5 Å². The Labute approximate surface area is 324 Å². The van der Waals surface area contributed by atoms with Gasteiger partial charge in [-0.25, -0.2) is 0 Å². The van der Waals surface area contributed by atoms with Crippen molar-refractivity contribution in [1.29, 1.82) is 0 Å². The van der Waals surface area contributed by atoms with Crippen molar-refractivity contribution >= 4 is 29.4 Å². The van der Waals surface area contributed by atoms with Crippen LogP contribution in [0.4, 0.5) is 0 Å². The largest absolute Gasteiger partial charge is 0.481 e. The molecule has 0 aliphatic heterocycles. The minimum atomic E-state index is -1.15. The first kappa shape index (κ1) is 40.1. The van der Waals surface area contributed by atoms with Gasteiger partial charge in [0.2, 0.25) is 5.91 Å². The number of carbonyl (C=O) groups excluding carboxylic acids is 2. The molecule has 0 bridgehead atoms. The van der Waals surface area contributed by atoms with Crippen LogP contribution in [-0.4, -0.2) is 29.1 Å². The van der Waals surface area contributed by atoms with Gasteiger partial charge in [-0.3, -0.25) is 14.4 Å². The van der Waals surface area contributed by atoms with Gasteiger partial charge in [0, 0.05) is 15.9 Å². The molecule has 6 rings (SSSR count). The average Bonchev–Trinajstić information content (AvgIpc) is 3.45. The number of carboxylic acid groups (broad SMARTS) is 1. The summed E-state index contributed by atoms with van der Waals surface area (Å²) in [5, 5.41) is 13.5. The Morgan fingerprint density at radius 3 is 2.32 bits per heavy atom. The molecule has 53 heavy (non-hydrogen) atoms. The molecular formula is C46H66ClNO5. The van der Waals surface area contributed by atoms with Crippen molar-refractivity contribution < 1.29 is 24.2 Å². The van der Waals surface area contributed by atoms with E-state index in [4.69, 9.17) is 16.3 Å². The molecule has 6 nitrogen and oxygen atoms in total. The van der Waals surface area contributed by atoms with Crippen molar-refractivity contribution in [3.05, 3.63) is 58.1 Å². The number of carbonyl (C=O) groups is 3. The molecule has 0 spiro atoms.